The van der Waals surface area contributed by atoms with Crippen LogP contribution in [-0.4, -0.2) is 51.0 Å². The van der Waals surface area contributed by atoms with Crippen molar-refractivity contribution in [3.8, 4) is 0 Å². The second-order valence-electron chi connectivity index (χ2n) is 8.16. The van der Waals surface area contributed by atoms with Crippen molar-refractivity contribution in [2.45, 2.75) is 51.4 Å². The van der Waals surface area contributed by atoms with Gasteiger partial charge in [-0.1, -0.05) is 6.07 Å². The lowest BCUT2D eigenvalue weighted by molar-refractivity contribution is -1.01. The number of hydrogen-bond acceptors (Lipinski definition) is 1. The minimum atomic E-state index is 0.342. The first kappa shape index (κ1) is 16.6. The minimum Gasteiger partial charge on any atom is -0.391 e. The molecule has 1 aliphatic heterocycles. The highest BCUT2D eigenvalue weighted by molar-refractivity contribution is 5.50. The second kappa shape index (κ2) is 7.55. The molecular formula is C21H34N2O+2. The fourth-order valence-corrected chi connectivity index (χ4v) is 5.37. The molecule has 1 fully saturated rings. The first-order chi connectivity index (χ1) is 11.8. The number of aliphatic hydroxyl groups is 1. The number of fused-ring (bicyclic) bond motifs is 2. The molecule has 3 N–H and O–H groups in total. The van der Waals surface area contributed by atoms with Crippen molar-refractivity contribution in [3.63, 3.8) is 0 Å². The number of aryl methyl sites for hydroxylation is 2. The fraction of sp³-hybridized carbons (Fsp3) is 0.714. The highest BCUT2D eigenvalue weighted by Crippen LogP contribution is 2.35. The molecule has 2 aliphatic carbocycles. The van der Waals surface area contributed by atoms with Crippen LogP contribution in [0.25, 0.3) is 0 Å². The summed E-state index contributed by atoms with van der Waals surface area (Å²) in [6.45, 7) is 7.69. The zero-order chi connectivity index (χ0) is 16.4. The van der Waals surface area contributed by atoms with Crippen LogP contribution in [0, 0.1) is 0 Å². The normalized spacial score (nSPS) is 25.7. The Morgan fingerprint density at radius 3 is 1.96 bits per heavy atom. The monoisotopic (exact) mass is 330 g/mol. The largest absolute Gasteiger partial charge is 0.391 e. The van der Waals surface area contributed by atoms with E-state index in [-0.39, 0.29) is 0 Å². The topological polar surface area (TPSA) is 29.1 Å². The van der Waals surface area contributed by atoms with Gasteiger partial charge >= 0.3 is 0 Å². The van der Waals surface area contributed by atoms with Crippen molar-refractivity contribution in [1.29, 1.82) is 0 Å². The zero-order valence-electron chi connectivity index (χ0n) is 15.1. The molecule has 132 valence electrons. The van der Waals surface area contributed by atoms with E-state index in [2.05, 4.69) is 6.07 Å². The van der Waals surface area contributed by atoms with Gasteiger partial charge in [-0.2, -0.15) is 0 Å². The van der Waals surface area contributed by atoms with Crippen LogP contribution in [0.3, 0.4) is 0 Å². The molecule has 4 rings (SSSR count). The summed E-state index contributed by atoms with van der Waals surface area (Å²) in [5.74, 6) is 0. The molecule has 0 bridgehead atoms. The van der Waals surface area contributed by atoms with Crippen molar-refractivity contribution in [1.82, 2.24) is 0 Å². The number of hydrogen-bond donors (Lipinski definition) is 3. The van der Waals surface area contributed by atoms with Crippen molar-refractivity contribution < 1.29 is 14.9 Å². The standard InChI is InChI=1S/C21H32N2O/c24-15-14-23-12-10-22(11-13-23)9-3-8-21-19-6-1-4-17(19)16-18-5-2-7-20(18)21/h16,24H,1-15H2/p+2. The molecule has 0 atom stereocenters. The van der Waals surface area contributed by atoms with E-state index in [1.807, 2.05) is 0 Å². The molecule has 0 unspecified atom stereocenters. The Hall–Kier alpha value is -0.900. The number of nitrogens with one attached hydrogen (secondary N) is 2. The minimum absolute atomic E-state index is 0.342. The molecule has 0 saturated carbocycles. The molecule has 1 saturated heterocycles. The van der Waals surface area contributed by atoms with Crippen molar-refractivity contribution in [2.75, 3.05) is 45.9 Å². The van der Waals surface area contributed by atoms with E-state index in [4.69, 9.17) is 5.11 Å². The molecule has 1 heterocycles. The van der Waals surface area contributed by atoms with Gasteiger partial charge in [0.15, 0.2) is 0 Å². The highest BCUT2D eigenvalue weighted by Gasteiger charge is 2.25. The summed E-state index contributed by atoms with van der Waals surface area (Å²) >= 11 is 0. The SMILES string of the molecule is OCC[NH+]1CC[NH+](CCCc2c3c(cc4c2CCC4)CCC3)CC1. The lowest BCUT2D eigenvalue weighted by Gasteiger charge is -2.29. The van der Waals surface area contributed by atoms with E-state index in [0.717, 1.165) is 6.54 Å². The summed E-state index contributed by atoms with van der Waals surface area (Å²) < 4.78 is 0. The van der Waals surface area contributed by atoms with Crippen LogP contribution in [0.2, 0.25) is 0 Å². The molecule has 1 aromatic rings. The summed E-state index contributed by atoms with van der Waals surface area (Å²) in [5, 5.41) is 9.08. The summed E-state index contributed by atoms with van der Waals surface area (Å²) in [7, 11) is 0. The van der Waals surface area contributed by atoms with Crippen molar-refractivity contribution in [2.24, 2.45) is 0 Å². The van der Waals surface area contributed by atoms with Crippen LogP contribution in [0.5, 0.6) is 0 Å². The Bertz CT molecular complexity index is 543. The molecular weight excluding hydrogens is 296 g/mol. The number of piperazine rings is 1. The van der Waals surface area contributed by atoms with Gasteiger partial charge in [-0.3, -0.25) is 0 Å². The Kier molecular flexibility index (Phi) is 5.21. The smallest absolute Gasteiger partial charge is 0.127 e. The van der Waals surface area contributed by atoms with E-state index >= 15 is 0 Å². The van der Waals surface area contributed by atoms with Gasteiger partial charge in [0.1, 0.15) is 32.7 Å². The maximum Gasteiger partial charge on any atom is 0.127 e. The molecule has 0 radical (unpaired) electrons. The van der Waals surface area contributed by atoms with E-state index in [1.54, 1.807) is 37.6 Å². The molecule has 3 nitrogen and oxygen atoms in total. The van der Waals surface area contributed by atoms with Gasteiger partial charge in [0.2, 0.25) is 0 Å². The van der Waals surface area contributed by atoms with Gasteiger partial charge in [0, 0.05) is 6.42 Å². The Morgan fingerprint density at radius 1 is 0.792 bits per heavy atom. The maximum atomic E-state index is 9.08. The third kappa shape index (κ3) is 3.40. The van der Waals surface area contributed by atoms with E-state index in [9.17, 15) is 0 Å². The van der Waals surface area contributed by atoms with Crippen LogP contribution < -0.4 is 9.80 Å². The molecule has 1 aromatic carbocycles. The lowest BCUT2D eigenvalue weighted by Crippen LogP contribution is -3.28. The quantitative estimate of drug-likeness (QED) is 0.637. The molecule has 0 spiro atoms. The van der Waals surface area contributed by atoms with Crippen LogP contribution in [-0.2, 0) is 32.1 Å². The van der Waals surface area contributed by atoms with Gasteiger partial charge in [0.25, 0.3) is 0 Å². The first-order valence-electron chi connectivity index (χ1n) is 10.3. The molecule has 0 aromatic heterocycles. The number of rotatable bonds is 6. The third-order valence-corrected chi connectivity index (χ3v) is 6.68. The van der Waals surface area contributed by atoms with Gasteiger partial charge < -0.3 is 14.9 Å². The molecule has 3 heteroatoms. The average Bonchev–Trinajstić information content (AvgIpc) is 3.25. The summed E-state index contributed by atoms with van der Waals surface area (Å²) in [6.07, 6.45) is 10.8. The van der Waals surface area contributed by atoms with Crippen molar-refractivity contribution >= 4 is 0 Å². The first-order valence-corrected chi connectivity index (χ1v) is 10.3. The van der Waals surface area contributed by atoms with Gasteiger partial charge in [-0.25, -0.2) is 0 Å². The summed E-state index contributed by atoms with van der Waals surface area (Å²) in [5.41, 5.74) is 8.67. The number of benzene rings is 1. The lowest BCUT2D eigenvalue weighted by atomic mass is 9.91. The highest BCUT2D eigenvalue weighted by atomic mass is 16.3. The van der Waals surface area contributed by atoms with E-state index in [1.165, 1.54) is 84.1 Å². The number of quaternary nitrogens is 2. The maximum absolute atomic E-state index is 9.08. The van der Waals surface area contributed by atoms with Crippen LogP contribution >= 0.6 is 0 Å². The van der Waals surface area contributed by atoms with Gasteiger partial charge in [-0.15, -0.1) is 0 Å². The third-order valence-electron chi connectivity index (χ3n) is 6.68. The van der Waals surface area contributed by atoms with Crippen LogP contribution in [0.15, 0.2) is 6.07 Å². The molecule has 0 amide bonds. The van der Waals surface area contributed by atoms with Crippen LogP contribution in [0.4, 0.5) is 0 Å². The Labute approximate surface area is 146 Å². The Morgan fingerprint density at radius 2 is 1.38 bits per heavy atom. The molecule has 24 heavy (non-hydrogen) atoms. The van der Waals surface area contributed by atoms with Gasteiger partial charge in [0.05, 0.1) is 13.2 Å². The summed E-state index contributed by atoms with van der Waals surface area (Å²) in [4.78, 5) is 3.39. The zero-order valence-corrected chi connectivity index (χ0v) is 15.1. The fourth-order valence-electron chi connectivity index (χ4n) is 5.37. The summed E-state index contributed by atoms with van der Waals surface area (Å²) in [6, 6.07) is 2.56. The van der Waals surface area contributed by atoms with E-state index in [0.29, 0.717) is 6.61 Å². The van der Waals surface area contributed by atoms with Gasteiger partial charge in [-0.05, 0) is 72.8 Å². The molecule has 3 aliphatic rings. The average molecular weight is 331 g/mol. The second-order valence-corrected chi connectivity index (χ2v) is 8.16. The predicted octanol–water partition coefficient (Wildman–Crippen LogP) is -0.628. The van der Waals surface area contributed by atoms with E-state index < -0.39 is 0 Å². The van der Waals surface area contributed by atoms with Crippen molar-refractivity contribution in [3.05, 3.63) is 33.9 Å². The Balaban J connectivity index is 1.34. The number of aliphatic hydroxyl groups excluding tert-OH is 1. The van der Waals surface area contributed by atoms with Crippen LogP contribution in [0.1, 0.15) is 47.1 Å². The predicted molar refractivity (Wildman–Crippen MR) is 97.0 cm³/mol.